The average molecular weight is 940 g/mol. The molecule has 1 saturated heterocycles. The van der Waals surface area contributed by atoms with Gasteiger partial charge in [-0.15, -0.1) is 0 Å². The van der Waals surface area contributed by atoms with Crippen molar-refractivity contribution in [3.05, 3.63) is 118 Å². The SMILES string of the molecule is CC.CO/N=C(\NC=O)C1(n2c(C(=O)N3CCc4nn(-c5ccc(F)c(C6CC6)c5)c(-n5ccn(-c6ccc7c(cnn7C7CC7)c6F)c5=O)c4C3C)cc3cc(C4CCOCC4)ncc32)CC1C. The number of pyridine rings is 1. The van der Waals surface area contributed by atoms with E-state index in [9.17, 15) is 9.59 Å². The lowest BCUT2D eigenvalue weighted by Crippen LogP contribution is -2.44. The quantitative estimate of drug-likeness (QED) is 0.0589. The summed E-state index contributed by atoms with van der Waals surface area (Å²) in [6.07, 6.45) is 13.3. The smallest absolute Gasteiger partial charge is 0.338 e. The molecule has 358 valence electrons. The molecule has 4 fully saturated rings. The van der Waals surface area contributed by atoms with Crippen LogP contribution in [0.25, 0.3) is 39.0 Å². The van der Waals surface area contributed by atoms with Gasteiger partial charge in [0.15, 0.2) is 11.7 Å². The fraction of sp³-hybridized carbons (Fsp3) is 0.431. The molecule has 7 aromatic rings. The van der Waals surface area contributed by atoms with Crippen molar-refractivity contribution < 1.29 is 27.9 Å². The van der Waals surface area contributed by atoms with Crippen LogP contribution < -0.4 is 11.0 Å². The number of imidazole rings is 1. The summed E-state index contributed by atoms with van der Waals surface area (Å²) in [5, 5.41) is 17.8. The normalized spacial score (nSPS) is 21.6. The van der Waals surface area contributed by atoms with Crippen molar-refractivity contribution in [1.82, 2.24) is 48.5 Å². The number of carbonyl (C=O) groups excluding carboxylic acids is 2. The van der Waals surface area contributed by atoms with E-state index in [1.807, 2.05) is 49.2 Å². The predicted molar refractivity (Wildman–Crippen MR) is 254 cm³/mol. The fourth-order valence-corrected chi connectivity index (χ4v) is 10.9. The molecule has 2 aromatic carbocycles. The Morgan fingerprint density at radius 2 is 1.72 bits per heavy atom. The van der Waals surface area contributed by atoms with Crippen molar-refractivity contribution >= 4 is 40.0 Å². The Hall–Kier alpha value is -6.95. The summed E-state index contributed by atoms with van der Waals surface area (Å²) in [6.45, 7) is 9.54. The Bertz CT molecular complexity index is 3260. The Labute approximate surface area is 396 Å². The molecule has 5 aliphatic rings. The van der Waals surface area contributed by atoms with E-state index < -0.39 is 23.1 Å². The Balaban J connectivity index is 0.00000257. The number of aromatic nitrogens is 8. The molecular weight excluding hydrogens is 885 g/mol. The largest absolute Gasteiger partial charge is 0.398 e. The van der Waals surface area contributed by atoms with Crippen LogP contribution in [0.15, 0.2) is 77.2 Å². The van der Waals surface area contributed by atoms with Gasteiger partial charge < -0.3 is 24.4 Å². The van der Waals surface area contributed by atoms with Gasteiger partial charge in [0.25, 0.3) is 5.91 Å². The molecule has 0 spiro atoms. The highest BCUT2D eigenvalue weighted by Gasteiger charge is 2.60. The van der Waals surface area contributed by atoms with E-state index in [0.29, 0.717) is 82.9 Å². The van der Waals surface area contributed by atoms with Gasteiger partial charge in [-0.1, -0.05) is 25.9 Å². The summed E-state index contributed by atoms with van der Waals surface area (Å²) in [5.74, 6) is -0.260. The summed E-state index contributed by atoms with van der Waals surface area (Å²) < 4.78 is 45.5. The first kappa shape index (κ1) is 44.5. The number of carbonyl (C=O) groups is 2. The van der Waals surface area contributed by atoms with Gasteiger partial charge in [-0.3, -0.25) is 28.4 Å². The second-order valence-electron chi connectivity index (χ2n) is 18.8. The molecule has 5 aromatic heterocycles. The third-order valence-corrected chi connectivity index (χ3v) is 14.8. The predicted octanol–water partition coefficient (Wildman–Crippen LogP) is 8.12. The van der Waals surface area contributed by atoms with Gasteiger partial charge in [0, 0.05) is 61.1 Å². The maximum atomic E-state index is 16.4. The number of hydrogen-bond donors (Lipinski definition) is 1. The van der Waals surface area contributed by atoms with E-state index in [1.165, 1.54) is 34.7 Å². The van der Waals surface area contributed by atoms with Crippen LogP contribution in [0.3, 0.4) is 0 Å². The van der Waals surface area contributed by atoms with Crippen molar-refractivity contribution in [2.24, 2.45) is 11.1 Å². The van der Waals surface area contributed by atoms with Crippen molar-refractivity contribution in [2.75, 3.05) is 26.9 Å². The summed E-state index contributed by atoms with van der Waals surface area (Å²) in [7, 11) is 1.41. The molecular formula is C51H55F2N11O5. The van der Waals surface area contributed by atoms with E-state index >= 15 is 13.6 Å². The monoisotopic (exact) mass is 939 g/mol. The third kappa shape index (κ3) is 7.19. The van der Waals surface area contributed by atoms with E-state index in [-0.39, 0.29) is 53.6 Å². The van der Waals surface area contributed by atoms with Crippen molar-refractivity contribution in [2.45, 2.75) is 109 Å². The second-order valence-corrected chi connectivity index (χ2v) is 18.8. The Morgan fingerprint density at radius 3 is 2.43 bits per heavy atom. The topological polar surface area (TPSA) is 161 Å². The van der Waals surface area contributed by atoms with Gasteiger partial charge in [-0.05, 0) is 112 Å². The van der Waals surface area contributed by atoms with Crippen molar-refractivity contribution in [3.63, 3.8) is 0 Å². The molecule has 0 bridgehead atoms. The number of hydrogen-bond acceptors (Lipinski definition) is 9. The third-order valence-electron chi connectivity index (χ3n) is 14.8. The average Bonchev–Trinajstić information content (AvgIpc) is 4.33. The van der Waals surface area contributed by atoms with Gasteiger partial charge in [0.1, 0.15) is 30.0 Å². The lowest BCUT2D eigenvalue weighted by atomic mass is 9.95. The van der Waals surface area contributed by atoms with E-state index in [2.05, 4.69) is 21.6 Å². The minimum atomic E-state index is -0.932. The van der Waals surface area contributed by atoms with Crippen LogP contribution >= 0.6 is 0 Å². The number of nitrogens with zero attached hydrogens (tertiary/aromatic N) is 10. The molecule has 2 amide bonds. The van der Waals surface area contributed by atoms with Gasteiger partial charge >= 0.3 is 5.69 Å². The Morgan fingerprint density at radius 1 is 0.957 bits per heavy atom. The number of amidine groups is 1. The van der Waals surface area contributed by atoms with Gasteiger partial charge in [-0.25, -0.2) is 18.3 Å². The number of fused-ring (bicyclic) bond motifs is 3. The molecule has 1 N–H and O–H groups in total. The second kappa shape index (κ2) is 17.2. The maximum absolute atomic E-state index is 16.4. The summed E-state index contributed by atoms with van der Waals surface area (Å²) >= 11 is 0. The zero-order valence-corrected chi connectivity index (χ0v) is 39.4. The summed E-state index contributed by atoms with van der Waals surface area (Å²) in [5.41, 5.74) is 3.70. The van der Waals surface area contributed by atoms with Crippen LogP contribution in [0.5, 0.6) is 0 Å². The fourth-order valence-electron chi connectivity index (χ4n) is 10.9. The van der Waals surface area contributed by atoms with E-state index in [4.69, 9.17) is 19.7 Å². The highest BCUT2D eigenvalue weighted by Crippen LogP contribution is 2.54. The summed E-state index contributed by atoms with van der Waals surface area (Å²) in [6, 6.07) is 11.8. The molecule has 18 heteroatoms. The number of oxime groups is 1. The number of ether oxygens (including phenoxy) is 1. The zero-order valence-electron chi connectivity index (χ0n) is 39.4. The molecule has 69 heavy (non-hydrogen) atoms. The van der Waals surface area contributed by atoms with Gasteiger partial charge in [-0.2, -0.15) is 10.2 Å². The lowest BCUT2D eigenvalue weighted by molar-refractivity contribution is -0.108. The van der Waals surface area contributed by atoms with Crippen LogP contribution in [0.2, 0.25) is 0 Å². The highest BCUT2D eigenvalue weighted by atomic mass is 19.1. The first-order chi connectivity index (χ1) is 33.6. The number of nitrogens with one attached hydrogen (secondary N) is 1. The lowest BCUT2D eigenvalue weighted by Gasteiger charge is -2.34. The molecule has 3 aliphatic carbocycles. The summed E-state index contributed by atoms with van der Waals surface area (Å²) in [4.78, 5) is 54.4. The van der Waals surface area contributed by atoms with Gasteiger partial charge in [0.05, 0.1) is 58.0 Å². The number of amides is 2. The number of rotatable bonds is 11. The van der Waals surface area contributed by atoms with Gasteiger partial charge in [0.2, 0.25) is 6.41 Å². The van der Waals surface area contributed by atoms with Crippen molar-refractivity contribution in [1.29, 1.82) is 0 Å². The molecule has 12 rings (SSSR count). The molecule has 0 radical (unpaired) electrons. The molecule has 3 atom stereocenters. The van der Waals surface area contributed by atoms with Crippen LogP contribution in [0, 0.1) is 17.6 Å². The molecule has 7 heterocycles. The zero-order chi connectivity index (χ0) is 47.9. The van der Waals surface area contributed by atoms with Crippen molar-refractivity contribution in [3.8, 4) is 17.2 Å². The first-order valence-electron chi connectivity index (χ1n) is 24.2. The molecule has 2 aliphatic heterocycles. The highest BCUT2D eigenvalue weighted by molar-refractivity contribution is 6.04. The van der Waals surface area contributed by atoms with E-state index in [1.54, 1.807) is 40.0 Å². The van der Waals surface area contributed by atoms with Crippen LogP contribution in [-0.4, -0.2) is 88.2 Å². The van der Waals surface area contributed by atoms with Crippen LogP contribution in [-0.2, 0) is 26.3 Å². The molecule has 3 unspecified atom stereocenters. The number of halogens is 2. The molecule has 16 nitrogen and oxygen atoms in total. The van der Waals surface area contributed by atoms with Crippen LogP contribution in [0.4, 0.5) is 8.78 Å². The standard InChI is InChI=1S/C49H49F2N11O5.C2H6/c1-27-23-49(27,47(53-26-63)56-66-3)60-41(21-31-20-38(52-25-42(31)60)30-13-18-67-19-14-30)46(64)57-15-12-37-43(28(57)2)45(62(55-37)33-8-9-36(50)34(22-33)29-4-5-29)59-17-16-58(48(59)65)40-11-10-39-35(44(40)51)24-54-61(39)32-6-7-32;1-2/h8-11,16-17,20-22,24-30,32H,4-7,12-15,18-19,23H2,1-3H3,(H,53,56,63);1-2H3. The maximum Gasteiger partial charge on any atom is 0.338 e. The first-order valence-corrected chi connectivity index (χ1v) is 24.2. The molecule has 3 saturated carbocycles. The number of benzene rings is 2. The minimum Gasteiger partial charge on any atom is -0.398 e. The van der Waals surface area contributed by atoms with E-state index in [0.717, 1.165) is 49.6 Å². The Kier molecular flexibility index (Phi) is 11.1. The minimum absolute atomic E-state index is 0.0477. The van der Waals surface area contributed by atoms with Crippen LogP contribution in [0.1, 0.15) is 130 Å².